The number of halogens is 1. The lowest BCUT2D eigenvalue weighted by atomic mass is 9.69. The van der Waals surface area contributed by atoms with Gasteiger partial charge in [0.25, 0.3) is 5.91 Å². The van der Waals surface area contributed by atoms with E-state index in [4.69, 9.17) is 17.3 Å². The number of hydrogen-bond acceptors (Lipinski definition) is 4. The second kappa shape index (κ2) is 6.91. The molecule has 0 atom stereocenters. The van der Waals surface area contributed by atoms with Crippen LogP contribution in [-0.2, 0) is 10.2 Å². The highest BCUT2D eigenvalue weighted by Gasteiger charge is 2.41. The maximum Gasteiger partial charge on any atom is 0.260 e. The van der Waals surface area contributed by atoms with Gasteiger partial charge in [-0.3, -0.25) is 9.59 Å². The van der Waals surface area contributed by atoms with Crippen LogP contribution in [-0.4, -0.2) is 16.8 Å². The molecule has 1 fully saturated rings. The predicted octanol–water partition coefficient (Wildman–Crippen LogP) is 3.74. The number of primary amides is 1. The summed E-state index contributed by atoms with van der Waals surface area (Å²) in [4.78, 5) is 28.7. The molecule has 1 aromatic heterocycles. The number of nitrogens with zero attached hydrogens (tertiary/aromatic N) is 1. The van der Waals surface area contributed by atoms with Crippen molar-refractivity contribution in [1.82, 2.24) is 4.98 Å². The van der Waals surface area contributed by atoms with Gasteiger partial charge >= 0.3 is 0 Å². The molecule has 2 aromatic rings. The van der Waals surface area contributed by atoms with Gasteiger partial charge in [-0.05, 0) is 30.5 Å². The summed E-state index contributed by atoms with van der Waals surface area (Å²) in [5.74, 6) is -0.648. The van der Waals surface area contributed by atoms with Crippen molar-refractivity contribution in [2.75, 3.05) is 5.32 Å². The van der Waals surface area contributed by atoms with E-state index in [-0.39, 0.29) is 5.91 Å². The third-order valence-electron chi connectivity index (χ3n) is 4.49. The molecule has 0 unspecified atom stereocenters. The normalized spacial score (nSPS) is 16.5. The third kappa shape index (κ3) is 3.30. The Bertz CT molecular complexity index is 769. The zero-order chi connectivity index (χ0) is 17.2. The molecular formula is C17H18ClN3O2S. The Morgan fingerprint density at radius 3 is 2.62 bits per heavy atom. The maximum absolute atomic E-state index is 13.1. The van der Waals surface area contributed by atoms with E-state index < -0.39 is 11.3 Å². The van der Waals surface area contributed by atoms with E-state index in [1.54, 1.807) is 6.07 Å². The lowest BCUT2D eigenvalue weighted by molar-refractivity contribution is -0.122. The molecule has 1 aromatic carbocycles. The van der Waals surface area contributed by atoms with Gasteiger partial charge in [-0.15, -0.1) is 0 Å². The molecule has 0 spiro atoms. The first kappa shape index (κ1) is 16.9. The summed E-state index contributed by atoms with van der Waals surface area (Å²) in [7, 11) is 0. The van der Waals surface area contributed by atoms with Crippen LogP contribution in [0.2, 0.25) is 5.02 Å². The van der Waals surface area contributed by atoms with Gasteiger partial charge in [0.05, 0.1) is 11.6 Å². The van der Waals surface area contributed by atoms with Crippen LogP contribution in [0.5, 0.6) is 0 Å². The number of nitrogens with two attached hydrogens (primary N) is 1. The minimum Gasteiger partial charge on any atom is -0.365 e. The monoisotopic (exact) mass is 363 g/mol. The van der Waals surface area contributed by atoms with E-state index in [0.717, 1.165) is 49.0 Å². The van der Waals surface area contributed by atoms with Crippen molar-refractivity contribution in [1.29, 1.82) is 0 Å². The largest absolute Gasteiger partial charge is 0.365 e. The maximum atomic E-state index is 13.1. The summed E-state index contributed by atoms with van der Waals surface area (Å²) in [6, 6.07) is 7.49. The van der Waals surface area contributed by atoms with E-state index >= 15 is 0 Å². The summed E-state index contributed by atoms with van der Waals surface area (Å²) >= 11 is 7.22. The van der Waals surface area contributed by atoms with Crippen LogP contribution in [0.15, 0.2) is 30.5 Å². The van der Waals surface area contributed by atoms with Crippen LogP contribution in [0, 0.1) is 0 Å². The zero-order valence-electron chi connectivity index (χ0n) is 13.0. The van der Waals surface area contributed by atoms with Gasteiger partial charge in [-0.2, -0.15) is 0 Å². The molecule has 0 saturated heterocycles. The fourth-order valence-electron chi connectivity index (χ4n) is 3.25. The minimum atomic E-state index is -0.609. The summed E-state index contributed by atoms with van der Waals surface area (Å²) < 4.78 is 0. The molecule has 3 rings (SSSR count). The molecule has 1 saturated carbocycles. The molecule has 7 heteroatoms. The molecule has 0 radical (unpaired) electrons. The lowest BCUT2D eigenvalue weighted by Gasteiger charge is -2.36. The number of anilines is 1. The van der Waals surface area contributed by atoms with Crippen LogP contribution in [0.3, 0.4) is 0 Å². The van der Waals surface area contributed by atoms with Crippen molar-refractivity contribution in [2.45, 2.75) is 37.5 Å². The second-order valence-electron chi connectivity index (χ2n) is 6.00. The summed E-state index contributed by atoms with van der Waals surface area (Å²) in [5, 5.41) is 3.87. The van der Waals surface area contributed by atoms with Crippen molar-refractivity contribution >= 4 is 39.9 Å². The number of benzene rings is 1. The van der Waals surface area contributed by atoms with Gasteiger partial charge in [-0.25, -0.2) is 4.98 Å². The van der Waals surface area contributed by atoms with Crippen LogP contribution in [0.4, 0.5) is 5.13 Å². The fraction of sp³-hybridized carbons (Fsp3) is 0.353. The number of carbonyl (C=O) groups excluding carboxylic acids is 2. The van der Waals surface area contributed by atoms with Crippen molar-refractivity contribution in [3.63, 3.8) is 0 Å². The van der Waals surface area contributed by atoms with Gasteiger partial charge in [-0.1, -0.05) is 54.3 Å². The fourth-order valence-corrected chi connectivity index (χ4v) is 4.10. The number of carbonyl (C=O) groups is 2. The van der Waals surface area contributed by atoms with Gasteiger partial charge in [0.2, 0.25) is 5.91 Å². The van der Waals surface area contributed by atoms with E-state index in [1.807, 2.05) is 18.2 Å². The molecule has 3 N–H and O–H groups in total. The molecule has 1 aliphatic carbocycles. The van der Waals surface area contributed by atoms with E-state index in [1.165, 1.54) is 6.20 Å². The van der Waals surface area contributed by atoms with Crippen molar-refractivity contribution < 1.29 is 9.59 Å². The number of hydrogen-bond donors (Lipinski definition) is 2. The van der Waals surface area contributed by atoms with Crippen molar-refractivity contribution in [2.24, 2.45) is 5.73 Å². The molecule has 2 amide bonds. The first-order valence-corrected chi connectivity index (χ1v) is 9.04. The quantitative estimate of drug-likeness (QED) is 0.867. The van der Waals surface area contributed by atoms with Crippen molar-refractivity contribution in [3.8, 4) is 0 Å². The second-order valence-corrected chi connectivity index (χ2v) is 7.47. The topological polar surface area (TPSA) is 85.1 Å². The Kier molecular flexibility index (Phi) is 4.87. The number of amides is 2. The van der Waals surface area contributed by atoms with Crippen molar-refractivity contribution in [3.05, 3.63) is 45.9 Å². The Hall–Kier alpha value is -1.92. The Balaban J connectivity index is 1.90. The SMILES string of the molecule is NC(=O)c1cnc(NC(=O)C2(c3cccc(Cl)c3)CCCCC2)s1. The molecule has 5 nitrogen and oxygen atoms in total. The number of rotatable bonds is 4. The Morgan fingerprint density at radius 2 is 2.00 bits per heavy atom. The molecule has 1 aliphatic rings. The van der Waals surface area contributed by atoms with Gasteiger partial charge < -0.3 is 11.1 Å². The lowest BCUT2D eigenvalue weighted by Crippen LogP contribution is -2.42. The molecule has 24 heavy (non-hydrogen) atoms. The Labute approximate surface area is 149 Å². The average molecular weight is 364 g/mol. The molecule has 126 valence electrons. The highest BCUT2D eigenvalue weighted by molar-refractivity contribution is 7.17. The zero-order valence-corrected chi connectivity index (χ0v) is 14.6. The third-order valence-corrected chi connectivity index (χ3v) is 5.65. The van der Waals surface area contributed by atoms with Crippen LogP contribution >= 0.6 is 22.9 Å². The molecular weight excluding hydrogens is 346 g/mol. The number of aromatic nitrogens is 1. The molecule has 0 bridgehead atoms. The summed E-state index contributed by atoms with van der Waals surface area (Å²) in [6.07, 6.45) is 6.03. The standard InChI is InChI=1S/C17H18ClN3O2S/c18-12-6-4-5-11(9-12)17(7-2-1-3-8-17)15(23)21-16-20-10-13(24-16)14(19)22/h4-6,9-10H,1-3,7-8H2,(H2,19,22)(H,20,21,23). The Morgan fingerprint density at radius 1 is 1.25 bits per heavy atom. The molecule has 1 heterocycles. The van der Waals surface area contributed by atoms with Crippen LogP contribution < -0.4 is 11.1 Å². The predicted molar refractivity (Wildman–Crippen MR) is 95.5 cm³/mol. The van der Waals surface area contributed by atoms with Crippen LogP contribution in [0.1, 0.15) is 47.3 Å². The highest BCUT2D eigenvalue weighted by atomic mass is 35.5. The smallest absolute Gasteiger partial charge is 0.260 e. The van der Waals surface area contributed by atoms with E-state index in [2.05, 4.69) is 10.3 Å². The first-order chi connectivity index (χ1) is 11.5. The van der Waals surface area contributed by atoms with Gasteiger partial charge in [0.15, 0.2) is 5.13 Å². The number of nitrogens with one attached hydrogen (secondary N) is 1. The van der Waals surface area contributed by atoms with Gasteiger partial charge in [0, 0.05) is 5.02 Å². The van der Waals surface area contributed by atoms with Gasteiger partial charge in [0.1, 0.15) is 4.88 Å². The summed E-state index contributed by atoms with van der Waals surface area (Å²) in [6.45, 7) is 0. The minimum absolute atomic E-state index is 0.102. The van der Waals surface area contributed by atoms with E-state index in [9.17, 15) is 9.59 Å². The first-order valence-electron chi connectivity index (χ1n) is 7.84. The number of thiazole rings is 1. The van der Waals surface area contributed by atoms with E-state index in [0.29, 0.717) is 15.0 Å². The molecule has 0 aliphatic heterocycles. The van der Waals surface area contributed by atoms with Crippen LogP contribution in [0.25, 0.3) is 0 Å². The highest BCUT2D eigenvalue weighted by Crippen LogP contribution is 2.41. The summed E-state index contributed by atoms with van der Waals surface area (Å²) in [5.41, 5.74) is 5.56. The average Bonchev–Trinajstić information content (AvgIpc) is 3.04.